The summed E-state index contributed by atoms with van der Waals surface area (Å²) in [5, 5.41) is 5.28. The second kappa shape index (κ2) is 9.98. The molecule has 8 nitrogen and oxygen atoms in total. The minimum absolute atomic E-state index is 0.301. The van der Waals surface area contributed by atoms with Gasteiger partial charge in [-0.05, 0) is 43.0 Å². The number of aryl methyl sites for hydroxylation is 1. The molecule has 1 aromatic carbocycles. The van der Waals surface area contributed by atoms with Gasteiger partial charge in [-0.25, -0.2) is 15.0 Å². The van der Waals surface area contributed by atoms with Crippen LogP contribution < -0.4 is 20.8 Å². The van der Waals surface area contributed by atoms with Crippen molar-refractivity contribution in [3.8, 4) is 0 Å². The summed E-state index contributed by atoms with van der Waals surface area (Å²) in [5.74, 6) is -0.253. The van der Waals surface area contributed by atoms with Crippen molar-refractivity contribution in [2.75, 3.05) is 29.5 Å². The van der Waals surface area contributed by atoms with Crippen molar-refractivity contribution in [3.05, 3.63) is 59.9 Å². The lowest BCUT2D eigenvalue weighted by molar-refractivity contribution is -0.137. The van der Waals surface area contributed by atoms with Gasteiger partial charge in [0.2, 0.25) is 11.7 Å². The molecule has 4 heterocycles. The van der Waals surface area contributed by atoms with Crippen LogP contribution in [0.1, 0.15) is 24.0 Å². The molecule has 2 aromatic heterocycles. The fraction of sp³-hybridized carbons (Fsp3) is 0.417. The maximum Gasteiger partial charge on any atom is 0.453 e. The van der Waals surface area contributed by atoms with Crippen molar-refractivity contribution in [2.24, 2.45) is 13.0 Å². The van der Waals surface area contributed by atoms with E-state index in [0.29, 0.717) is 29.6 Å². The van der Waals surface area contributed by atoms with Gasteiger partial charge in [0.05, 0.1) is 29.8 Å². The number of fused-ring (bicyclic) bond motifs is 1. The van der Waals surface area contributed by atoms with Crippen LogP contribution in [0.25, 0.3) is 10.9 Å². The average molecular weight is 542 g/mol. The molecule has 0 aliphatic carbocycles. The van der Waals surface area contributed by atoms with Gasteiger partial charge in [-0.2, -0.15) is 26.3 Å². The molecular weight excluding hydrogens is 516 g/mol. The van der Waals surface area contributed by atoms with Crippen molar-refractivity contribution >= 4 is 22.5 Å². The Balaban J connectivity index is 1.11. The molecule has 0 spiro atoms. The maximum absolute atomic E-state index is 13.1. The summed E-state index contributed by atoms with van der Waals surface area (Å²) in [5.41, 5.74) is 3.28. The summed E-state index contributed by atoms with van der Waals surface area (Å²) in [7, 11) is 1.74. The molecule has 0 amide bonds. The number of benzene rings is 1. The molecule has 2 aliphatic rings. The molecule has 0 unspecified atom stereocenters. The Bertz CT molecular complexity index is 1310. The SMILES string of the molecule is Cn1cc(CNCC2CCN(c3ncc(N4C=C(C(F)(F)F)ON4)cn3)CC2)c2ccc(C(F)(F)F)cc21. The second-order valence-electron chi connectivity index (χ2n) is 9.35. The lowest BCUT2D eigenvalue weighted by Gasteiger charge is -2.32. The minimum Gasteiger partial charge on any atom is -0.382 e. The molecule has 0 bridgehead atoms. The number of rotatable bonds is 6. The Morgan fingerprint density at radius 3 is 2.39 bits per heavy atom. The van der Waals surface area contributed by atoms with Gasteiger partial charge in [-0.15, -0.1) is 0 Å². The first-order valence-corrected chi connectivity index (χ1v) is 11.9. The van der Waals surface area contributed by atoms with Crippen molar-refractivity contribution in [1.82, 2.24) is 25.4 Å². The highest BCUT2D eigenvalue weighted by atomic mass is 19.4. The van der Waals surface area contributed by atoms with Crippen LogP contribution in [0, 0.1) is 5.92 Å². The third kappa shape index (κ3) is 5.50. The number of nitrogens with one attached hydrogen (secondary N) is 2. The Labute approximate surface area is 213 Å². The summed E-state index contributed by atoms with van der Waals surface area (Å²) in [4.78, 5) is 15.0. The number of anilines is 2. The monoisotopic (exact) mass is 541 g/mol. The standard InChI is InChI=1S/C24H25F6N7O/c1-35-13-16(19-3-2-17(8-20(19)35)23(25,26)27)10-31-9-15-4-6-36(7-5-15)22-32-11-18(12-33-22)37-14-21(38-34-37)24(28,29)30/h2-3,8,11-15,31,34H,4-7,9-10H2,1H3. The molecule has 2 N–H and O–H groups in total. The van der Waals surface area contributed by atoms with E-state index in [1.54, 1.807) is 11.6 Å². The van der Waals surface area contributed by atoms with E-state index in [1.807, 2.05) is 11.1 Å². The molecule has 0 atom stereocenters. The molecule has 38 heavy (non-hydrogen) atoms. The summed E-state index contributed by atoms with van der Waals surface area (Å²) in [6.45, 7) is 2.76. The highest BCUT2D eigenvalue weighted by Gasteiger charge is 2.40. The molecule has 204 valence electrons. The highest BCUT2D eigenvalue weighted by molar-refractivity contribution is 5.84. The predicted octanol–water partition coefficient (Wildman–Crippen LogP) is 4.65. The predicted molar refractivity (Wildman–Crippen MR) is 127 cm³/mol. The van der Waals surface area contributed by atoms with Crippen molar-refractivity contribution in [3.63, 3.8) is 0 Å². The van der Waals surface area contributed by atoms with Gasteiger partial charge >= 0.3 is 12.4 Å². The Hall–Kier alpha value is -3.52. The molecule has 1 fully saturated rings. The lowest BCUT2D eigenvalue weighted by atomic mass is 9.97. The van der Waals surface area contributed by atoms with E-state index in [1.165, 1.54) is 24.5 Å². The van der Waals surface area contributed by atoms with E-state index in [-0.39, 0.29) is 0 Å². The summed E-state index contributed by atoms with van der Waals surface area (Å²) >= 11 is 0. The third-order valence-corrected chi connectivity index (χ3v) is 6.73. The van der Waals surface area contributed by atoms with Crippen LogP contribution in [-0.2, 0) is 24.6 Å². The smallest absolute Gasteiger partial charge is 0.382 e. The molecule has 5 rings (SSSR count). The van der Waals surface area contributed by atoms with Gasteiger partial charge < -0.3 is 19.6 Å². The summed E-state index contributed by atoms with van der Waals surface area (Å²) in [6.07, 6.45) is -1.72. The summed E-state index contributed by atoms with van der Waals surface area (Å²) < 4.78 is 79.0. The Kier molecular flexibility index (Phi) is 6.86. The second-order valence-corrected chi connectivity index (χ2v) is 9.35. The molecular formula is C24H25F6N7O. The van der Waals surface area contributed by atoms with Crippen molar-refractivity contribution in [2.45, 2.75) is 31.7 Å². The molecule has 2 aliphatic heterocycles. The number of piperidine rings is 1. The maximum atomic E-state index is 13.1. The number of hydrogen-bond donors (Lipinski definition) is 2. The molecule has 14 heteroatoms. The van der Waals surface area contributed by atoms with Crippen LogP contribution in [-0.4, -0.2) is 40.3 Å². The molecule has 0 saturated carbocycles. The normalized spacial score (nSPS) is 17.3. The molecule has 0 radical (unpaired) electrons. The van der Waals surface area contributed by atoms with Gasteiger partial charge in [0.1, 0.15) is 0 Å². The first-order valence-electron chi connectivity index (χ1n) is 11.9. The topological polar surface area (TPSA) is 70.5 Å². The van der Waals surface area contributed by atoms with E-state index in [9.17, 15) is 26.3 Å². The Morgan fingerprint density at radius 1 is 1.05 bits per heavy atom. The highest BCUT2D eigenvalue weighted by Crippen LogP contribution is 2.33. The zero-order valence-electron chi connectivity index (χ0n) is 20.3. The zero-order valence-corrected chi connectivity index (χ0v) is 20.3. The van der Waals surface area contributed by atoms with Crippen molar-refractivity contribution < 1.29 is 31.2 Å². The largest absolute Gasteiger partial charge is 0.453 e. The van der Waals surface area contributed by atoms with Gasteiger partial charge in [0.15, 0.2) is 0 Å². The number of hydrazine groups is 1. The number of allylic oxidation sites excluding steroid dienone is 1. The van der Waals surface area contributed by atoms with Crippen LogP contribution in [0.3, 0.4) is 0 Å². The van der Waals surface area contributed by atoms with Gasteiger partial charge in [0, 0.05) is 43.8 Å². The first-order chi connectivity index (χ1) is 18.0. The average Bonchev–Trinajstić information content (AvgIpc) is 3.50. The minimum atomic E-state index is -4.60. The van der Waals surface area contributed by atoms with E-state index in [2.05, 4.69) is 25.7 Å². The van der Waals surface area contributed by atoms with Gasteiger partial charge in [-0.1, -0.05) is 11.7 Å². The Morgan fingerprint density at radius 2 is 1.76 bits per heavy atom. The molecule has 1 saturated heterocycles. The lowest BCUT2D eigenvalue weighted by Crippen LogP contribution is -2.38. The van der Waals surface area contributed by atoms with Crippen LogP contribution in [0.4, 0.5) is 38.0 Å². The summed E-state index contributed by atoms with van der Waals surface area (Å²) in [6, 6.07) is 3.81. The third-order valence-electron chi connectivity index (χ3n) is 6.73. The molecule has 3 aromatic rings. The van der Waals surface area contributed by atoms with Crippen LogP contribution in [0.15, 0.2) is 48.7 Å². The number of aromatic nitrogens is 3. The fourth-order valence-electron chi connectivity index (χ4n) is 4.66. The number of halogens is 6. The van der Waals surface area contributed by atoms with Crippen LogP contribution in [0.2, 0.25) is 0 Å². The number of hydrogen-bond acceptors (Lipinski definition) is 7. The van der Waals surface area contributed by atoms with Crippen LogP contribution >= 0.6 is 0 Å². The van der Waals surface area contributed by atoms with E-state index >= 15 is 0 Å². The van der Waals surface area contributed by atoms with Gasteiger partial charge in [0.25, 0.3) is 0 Å². The van der Waals surface area contributed by atoms with Crippen LogP contribution in [0.5, 0.6) is 0 Å². The van der Waals surface area contributed by atoms with Gasteiger partial charge in [-0.3, -0.25) is 0 Å². The van der Waals surface area contributed by atoms with E-state index in [0.717, 1.165) is 60.7 Å². The fourth-order valence-corrected chi connectivity index (χ4v) is 4.66. The first kappa shape index (κ1) is 26.1. The van der Waals surface area contributed by atoms with E-state index < -0.39 is 23.7 Å². The quantitative estimate of drug-likeness (QED) is 0.441. The van der Waals surface area contributed by atoms with E-state index in [4.69, 9.17) is 0 Å². The number of nitrogens with zero attached hydrogens (tertiary/aromatic N) is 5. The van der Waals surface area contributed by atoms with Crippen molar-refractivity contribution in [1.29, 1.82) is 0 Å². The zero-order chi connectivity index (χ0) is 27.1. The number of alkyl halides is 6.